The van der Waals surface area contributed by atoms with Gasteiger partial charge in [-0.3, -0.25) is 4.79 Å². The molecule has 1 aromatic heterocycles. The van der Waals surface area contributed by atoms with Crippen molar-refractivity contribution in [1.29, 1.82) is 0 Å². The summed E-state index contributed by atoms with van der Waals surface area (Å²) in [7, 11) is 1.59. The number of aromatic nitrogens is 4. The van der Waals surface area contributed by atoms with Gasteiger partial charge in [0.25, 0.3) is 0 Å². The highest BCUT2D eigenvalue weighted by molar-refractivity contribution is 7.99. The first kappa shape index (κ1) is 21.6. The van der Waals surface area contributed by atoms with E-state index >= 15 is 0 Å². The van der Waals surface area contributed by atoms with Crippen LogP contribution in [0.2, 0.25) is 0 Å². The molecule has 0 aliphatic carbocycles. The highest BCUT2D eigenvalue weighted by atomic mass is 32.2. The molecule has 4 rings (SSSR count). The minimum Gasteiger partial charge on any atom is -0.494 e. The van der Waals surface area contributed by atoms with Crippen LogP contribution in [0.25, 0.3) is 16.8 Å². The Morgan fingerprint density at radius 1 is 1.00 bits per heavy atom. The first-order valence-electron chi connectivity index (χ1n) is 10.1. The second-order valence-corrected chi connectivity index (χ2v) is 8.05. The van der Waals surface area contributed by atoms with Crippen molar-refractivity contribution in [3.8, 4) is 22.6 Å². The van der Waals surface area contributed by atoms with Gasteiger partial charge in [0, 0.05) is 0 Å². The van der Waals surface area contributed by atoms with Crippen LogP contribution in [0.5, 0.6) is 5.75 Å². The topological polar surface area (TPSA) is 81.9 Å². The summed E-state index contributed by atoms with van der Waals surface area (Å²) in [4.78, 5) is 12.5. The number of nitrogens with zero attached hydrogens (tertiary/aromatic N) is 4. The van der Waals surface area contributed by atoms with E-state index in [1.807, 2.05) is 61.5 Å². The Bertz CT molecular complexity index is 1180. The fourth-order valence-electron chi connectivity index (χ4n) is 3.32. The number of methoxy groups -OCH3 is 1. The van der Waals surface area contributed by atoms with Gasteiger partial charge in [-0.15, -0.1) is 5.10 Å². The van der Waals surface area contributed by atoms with E-state index in [9.17, 15) is 4.79 Å². The smallest absolute Gasteiger partial charge is 0.230 e. The number of rotatable bonds is 8. The third kappa shape index (κ3) is 4.97. The third-order valence-electron chi connectivity index (χ3n) is 4.98. The highest BCUT2D eigenvalue weighted by Crippen LogP contribution is 2.26. The summed E-state index contributed by atoms with van der Waals surface area (Å²) in [6, 6.07) is 25.8. The van der Waals surface area contributed by atoms with Gasteiger partial charge in [-0.05, 0) is 46.2 Å². The Labute approximate surface area is 190 Å². The van der Waals surface area contributed by atoms with Crippen LogP contribution in [0.3, 0.4) is 0 Å². The first-order valence-corrected chi connectivity index (χ1v) is 11.1. The number of hydrogen-bond donors (Lipinski definition) is 1. The molecule has 0 aliphatic heterocycles. The van der Waals surface area contributed by atoms with Crippen molar-refractivity contribution in [2.45, 2.75) is 18.1 Å². The molecule has 1 N–H and O–H groups in total. The summed E-state index contributed by atoms with van der Waals surface area (Å²) in [5, 5.41) is 15.4. The molecule has 0 spiro atoms. The number of nitrogens with one attached hydrogen (secondary N) is 1. The highest BCUT2D eigenvalue weighted by Gasteiger charge is 2.16. The molecule has 4 aromatic rings. The molecule has 1 unspecified atom stereocenters. The molecule has 1 heterocycles. The molecule has 3 aromatic carbocycles. The van der Waals surface area contributed by atoms with Crippen molar-refractivity contribution in [3.05, 3.63) is 84.4 Å². The van der Waals surface area contributed by atoms with E-state index in [1.54, 1.807) is 11.8 Å². The number of hydrogen-bond acceptors (Lipinski definition) is 6. The lowest BCUT2D eigenvalue weighted by molar-refractivity contribution is -0.119. The van der Waals surface area contributed by atoms with Crippen LogP contribution in [0, 0.1) is 0 Å². The van der Waals surface area contributed by atoms with Crippen LogP contribution in [-0.4, -0.2) is 39.0 Å². The minimum atomic E-state index is -0.113. The Kier molecular flexibility index (Phi) is 6.81. The number of para-hydroxylation sites is 2. The standard InChI is InChI=1S/C24H23N5O2S/c1-17(18-12-14-20(15-13-18)19-8-4-3-5-9-19)25-23(30)16-32-24-26-27-28-29(24)21-10-6-7-11-22(21)31-2/h3-15,17H,16H2,1-2H3,(H,25,30). The Morgan fingerprint density at radius 2 is 1.69 bits per heavy atom. The fraction of sp³-hybridized carbons (Fsp3) is 0.167. The van der Waals surface area contributed by atoms with Crippen molar-refractivity contribution < 1.29 is 9.53 Å². The zero-order chi connectivity index (χ0) is 22.3. The first-order chi connectivity index (χ1) is 15.7. The van der Waals surface area contributed by atoms with Gasteiger partial charge >= 0.3 is 0 Å². The van der Waals surface area contributed by atoms with E-state index in [4.69, 9.17) is 4.74 Å². The number of thioether (sulfide) groups is 1. The molecule has 162 valence electrons. The number of amides is 1. The van der Waals surface area contributed by atoms with Crippen LogP contribution in [-0.2, 0) is 4.79 Å². The van der Waals surface area contributed by atoms with Gasteiger partial charge in [0.1, 0.15) is 11.4 Å². The van der Waals surface area contributed by atoms with E-state index < -0.39 is 0 Å². The fourth-order valence-corrected chi connectivity index (χ4v) is 4.01. The van der Waals surface area contributed by atoms with Gasteiger partial charge in [0.15, 0.2) is 0 Å². The van der Waals surface area contributed by atoms with Crippen molar-refractivity contribution >= 4 is 17.7 Å². The molecular formula is C24H23N5O2S. The average molecular weight is 446 g/mol. The average Bonchev–Trinajstić information content (AvgIpc) is 3.32. The summed E-state index contributed by atoms with van der Waals surface area (Å²) in [5.74, 6) is 0.755. The quantitative estimate of drug-likeness (QED) is 0.407. The van der Waals surface area contributed by atoms with E-state index in [0.29, 0.717) is 10.9 Å². The van der Waals surface area contributed by atoms with Crippen LogP contribution in [0.1, 0.15) is 18.5 Å². The van der Waals surface area contributed by atoms with Gasteiger partial charge in [-0.25, -0.2) is 0 Å². The monoisotopic (exact) mass is 445 g/mol. The van der Waals surface area contributed by atoms with Gasteiger partial charge in [0.05, 0.1) is 18.9 Å². The van der Waals surface area contributed by atoms with Crippen molar-refractivity contribution in [3.63, 3.8) is 0 Å². The van der Waals surface area contributed by atoms with Crippen molar-refractivity contribution in [1.82, 2.24) is 25.5 Å². The van der Waals surface area contributed by atoms with E-state index in [2.05, 4.69) is 45.1 Å². The summed E-state index contributed by atoms with van der Waals surface area (Å²) in [6.45, 7) is 1.97. The lowest BCUT2D eigenvalue weighted by Crippen LogP contribution is -2.28. The molecule has 0 fully saturated rings. The molecule has 0 bridgehead atoms. The second kappa shape index (κ2) is 10.1. The van der Waals surface area contributed by atoms with E-state index in [0.717, 1.165) is 16.8 Å². The maximum atomic E-state index is 12.5. The van der Waals surface area contributed by atoms with Gasteiger partial charge in [-0.1, -0.05) is 78.5 Å². The predicted molar refractivity (Wildman–Crippen MR) is 125 cm³/mol. The Hall–Kier alpha value is -3.65. The summed E-state index contributed by atoms with van der Waals surface area (Å²) in [6.07, 6.45) is 0. The minimum absolute atomic E-state index is 0.0933. The molecule has 0 aliphatic rings. The lowest BCUT2D eigenvalue weighted by atomic mass is 10.0. The molecule has 1 amide bonds. The molecule has 7 nitrogen and oxygen atoms in total. The maximum absolute atomic E-state index is 12.5. The summed E-state index contributed by atoms with van der Waals surface area (Å²) < 4.78 is 6.95. The Morgan fingerprint density at radius 3 is 2.44 bits per heavy atom. The number of carbonyl (C=O) groups excluding carboxylic acids is 1. The molecule has 32 heavy (non-hydrogen) atoms. The van der Waals surface area contributed by atoms with Crippen molar-refractivity contribution in [2.24, 2.45) is 0 Å². The number of tetrazole rings is 1. The van der Waals surface area contributed by atoms with Gasteiger partial charge < -0.3 is 10.1 Å². The molecule has 0 saturated carbocycles. The SMILES string of the molecule is COc1ccccc1-n1nnnc1SCC(=O)NC(C)c1ccc(-c2ccccc2)cc1. The molecular weight excluding hydrogens is 422 g/mol. The van der Waals surface area contributed by atoms with Crippen LogP contribution in [0.4, 0.5) is 0 Å². The van der Waals surface area contributed by atoms with E-state index in [-0.39, 0.29) is 17.7 Å². The maximum Gasteiger partial charge on any atom is 0.230 e. The molecule has 0 saturated heterocycles. The molecule has 0 radical (unpaired) electrons. The number of benzene rings is 3. The van der Waals surface area contributed by atoms with Crippen LogP contribution in [0.15, 0.2) is 84.0 Å². The second-order valence-electron chi connectivity index (χ2n) is 7.11. The third-order valence-corrected chi connectivity index (χ3v) is 5.90. The van der Waals surface area contributed by atoms with Crippen LogP contribution < -0.4 is 10.1 Å². The largest absolute Gasteiger partial charge is 0.494 e. The van der Waals surface area contributed by atoms with E-state index in [1.165, 1.54) is 17.3 Å². The Balaban J connectivity index is 1.36. The number of ether oxygens (including phenoxy) is 1. The van der Waals surface area contributed by atoms with Gasteiger partial charge in [-0.2, -0.15) is 4.68 Å². The molecule has 1 atom stereocenters. The summed E-state index contributed by atoms with van der Waals surface area (Å²) >= 11 is 1.27. The molecule has 8 heteroatoms. The lowest BCUT2D eigenvalue weighted by Gasteiger charge is -2.15. The number of carbonyl (C=O) groups is 1. The zero-order valence-corrected chi connectivity index (χ0v) is 18.6. The predicted octanol–water partition coefficient (Wildman–Crippen LogP) is 4.31. The zero-order valence-electron chi connectivity index (χ0n) is 17.8. The van der Waals surface area contributed by atoms with Gasteiger partial charge in [0.2, 0.25) is 11.1 Å². The normalized spacial score (nSPS) is 11.7. The van der Waals surface area contributed by atoms with Crippen molar-refractivity contribution in [2.75, 3.05) is 12.9 Å². The summed E-state index contributed by atoms with van der Waals surface area (Å²) in [5.41, 5.74) is 4.07. The van der Waals surface area contributed by atoms with Crippen LogP contribution >= 0.6 is 11.8 Å².